The van der Waals surface area contributed by atoms with E-state index in [9.17, 15) is 29.7 Å². The molecule has 2 heterocycles. The summed E-state index contributed by atoms with van der Waals surface area (Å²) in [7, 11) is 0. The predicted octanol–water partition coefficient (Wildman–Crippen LogP) is 1.51. The van der Waals surface area contributed by atoms with Gasteiger partial charge in [-0.15, -0.1) is 0 Å². The lowest BCUT2D eigenvalue weighted by Gasteiger charge is -2.42. The van der Waals surface area contributed by atoms with Gasteiger partial charge in [0.05, 0.1) is 24.2 Å². The van der Waals surface area contributed by atoms with E-state index in [1.807, 2.05) is 13.0 Å². The Morgan fingerprint density at radius 3 is 2.39 bits per heavy atom. The Bertz CT molecular complexity index is 885. The molecule has 33 heavy (non-hydrogen) atoms. The summed E-state index contributed by atoms with van der Waals surface area (Å²) in [5, 5.41) is 32.9. The van der Waals surface area contributed by atoms with Crippen LogP contribution < -0.4 is 5.32 Å². The molecule has 3 aliphatic rings. The number of ketones is 1. The third kappa shape index (κ3) is 6.50. The summed E-state index contributed by atoms with van der Waals surface area (Å²) in [6.07, 6.45) is 6.38. The summed E-state index contributed by atoms with van der Waals surface area (Å²) >= 11 is 0. The lowest BCUT2D eigenvalue weighted by molar-refractivity contribution is -0.181. The maximum Gasteiger partial charge on any atom is 0.322 e. The molecular weight excluding hydrogens is 426 g/mol. The molecule has 2 aliphatic heterocycles. The van der Waals surface area contributed by atoms with Crippen LogP contribution >= 0.6 is 0 Å². The van der Waals surface area contributed by atoms with Crippen LogP contribution in [-0.2, 0) is 19.1 Å². The SMILES string of the molecule is CC1=C/[C@@H](NC(=O)[C@H](C)O)[C@@]2(C)C(=O)O[C@H](C[C@H](O)/C=C/C(C)=C/C[C@@H](O)\C=C\1)[C@@H](C)C2=O. The first-order valence-electron chi connectivity index (χ1n) is 11.2. The van der Waals surface area contributed by atoms with E-state index in [4.69, 9.17) is 4.74 Å². The number of ether oxygens (including phenoxy) is 1. The van der Waals surface area contributed by atoms with Gasteiger partial charge >= 0.3 is 5.97 Å². The first-order valence-corrected chi connectivity index (χ1v) is 11.2. The molecule has 7 atom stereocenters. The summed E-state index contributed by atoms with van der Waals surface area (Å²) in [5.74, 6) is -2.70. The van der Waals surface area contributed by atoms with Gasteiger partial charge in [0, 0.05) is 6.42 Å². The number of amides is 1. The predicted molar refractivity (Wildman–Crippen MR) is 123 cm³/mol. The molecule has 0 radical (unpaired) electrons. The fourth-order valence-corrected chi connectivity index (χ4v) is 3.88. The van der Waals surface area contributed by atoms with Gasteiger partial charge in [0.15, 0.2) is 5.78 Å². The average molecular weight is 462 g/mol. The lowest BCUT2D eigenvalue weighted by atomic mass is 9.69. The highest BCUT2D eigenvalue weighted by Gasteiger charge is 2.56. The van der Waals surface area contributed by atoms with Crippen LogP contribution in [0.15, 0.2) is 47.6 Å². The van der Waals surface area contributed by atoms with Crippen LogP contribution in [0.25, 0.3) is 0 Å². The number of allylic oxidation sites excluding steroid dienone is 4. The Morgan fingerprint density at radius 1 is 1.15 bits per heavy atom. The topological polar surface area (TPSA) is 133 Å². The summed E-state index contributed by atoms with van der Waals surface area (Å²) in [6, 6.07) is -1.09. The number of carbonyl (C=O) groups is 3. The molecule has 0 saturated carbocycles. The van der Waals surface area contributed by atoms with E-state index in [0.717, 1.165) is 5.57 Å². The van der Waals surface area contributed by atoms with Crippen molar-refractivity contribution in [2.75, 3.05) is 0 Å². The van der Waals surface area contributed by atoms with Crippen molar-refractivity contribution >= 4 is 17.7 Å². The molecule has 182 valence electrons. The highest BCUT2D eigenvalue weighted by molar-refractivity contribution is 6.08. The smallest absolute Gasteiger partial charge is 0.322 e. The van der Waals surface area contributed by atoms with Crippen molar-refractivity contribution in [1.29, 1.82) is 0 Å². The third-order valence-electron chi connectivity index (χ3n) is 6.21. The fraction of sp³-hybridized carbons (Fsp3) is 0.560. The van der Waals surface area contributed by atoms with Gasteiger partial charge in [-0.2, -0.15) is 0 Å². The molecule has 1 aliphatic carbocycles. The van der Waals surface area contributed by atoms with Gasteiger partial charge in [0.1, 0.15) is 17.6 Å². The Hall–Kier alpha value is -2.55. The zero-order valence-corrected chi connectivity index (χ0v) is 19.8. The largest absolute Gasteiger partial charge is 0.461 e. The van der Waals surface area contributed by atoms with Crippen molar-refractivity contribution in [3.63, 3.8) is 0 Å². The van der Waals surface area contributed by atoms with Gasteiger partial charge < -0.3 is 25.4 Å². The number of nitrogens with one attached hydrogen (secondary N) is 1. The molecule has 0 aromatic carbocycles. The van der Waals surface area contributed by atoms with E-state index >= 15 is 0 Å². The monoisotopic (exact) mass is 461 g/mol. The van der Waals surface area contributed by atoms with Crippen molar-refractivity contribution in [2.24, 2.45) is 11.3 Å². The van der Waals surface area contributed by atoms with Crippen LogP contribution in [0.3, 0.4) is 0 Å². The molecule has 0 spiro atoms. The molecular formula is C25H35NO7. The summed E-state index contributed by atoms with van der Waals surface area (Å²) < 4.78 is 5.61. The van der Waals surface area contributed by atoms with Gasteiger partial charge in [-0.1, -0.05) is 54.5 Å². The highest BCUT2D eigenvalue weighted by Crippen LogP contribution is 2.38. The second-order valence-electron chi connectivity index (χ2n) is 9.14. The number of carbonyl (C=O) groups excluding carboxylic acids is 3. The van der Waals surface area contributed by atoms with E-state index in [0.29, 0.717) is 12.0 Å². The number of hydrogen-bond donors (Lipinski definition) is 4. The molecule has 0 unspecified atom stereocenters. The molecule has 8 heteroatoms. The molecule has 4 N–H and O–H groups in total. The Kier molecular flexibility index (Phi) is 8.94. The molecule has 8 nitrogen and oxygen atoms in total. The quantitative estimate of drug-likeness (QED) is 0.362. The number of aliphatic hydroxyl groups excluding tert-OH is 3. The summed E-state index contributed by atoms with van der Waals surface area (Å²) in [6.45, 7) is 7.89. The minimum Gasteiger partial charge on any atom is -0.461 e. The van der Waals surface area contributed by atoms with Crippen molar-refractivity contribution in [3.05, 3.63) is 47.6 Å². The number of esters is 1. The van der Waals surface area contributed by atoms with Gasteiger partial charge in [0.25, 0.3) is 0 Å². The average Bonchev–Trinajstić information content (AvgIpc) is 2.75. The standard InChI is InChI=1S/C25H35NO7/c1-14-6-9-18(28)10-8-15(2)12-21(26-23(31)17(4)27)25(5)22(30)16(3)20(33-24(25)32)13-19(29)11-7-14/h6-8,10-12,16-21,27-29H,9,13H2,1-5H3,(H,26,31)/b10-8+,11-7+,14-6+,15-12-/t16-,17+,18-,19-,20-,21-,25-/m1/s1. The summed E-state index contributed by atoms with van der Waals surface area (Å²) in [5.41, 5.74) is -0.292. The molecule has 3 rings (SSSR count). The first-order chi connectivity index (χ1) is 15.4. The van der Waals surface area contributed by atoms with Gasteiger partial charge in [-0.3, -0.25) is 14.4 Å². The van der Waals surface area contributed by atoms with Crippen molar-refractivity contribution in [3.8, 4) is 0 Å². The highest BCUT2D eigenvalue weighted by atomic mass is 16.5. The van der Waals surface area contributed by atoms with Crippen molar-refractivity contribution in [1.82, 2.24) is 5.32 Å². The number of fused-ring (bicyclic) bond motifs is 10. The molecule has 1 saturated heterocycles. The van der Waals surface area contributed by atoms with Crippen LogP contribution in [0.4, 0.5) is 0 Å². The fourth-order valence-electron chi connectivity index (χ4n) is 3.88. The van der Waals surface area contributed by atoms with E-state index in [2.05, 4.69) is 5.32 Å². The van der Waals surface area contributed by atoms with Crippen LogP contribution in [0.2, 0.25) is 0 Å². The Morgan fingerprint density at radius 2 is 1.76 bits per heavy atom. The normalized spacial score (nSPS) is 39.8. The Balaban J connectivity index is 2.56. The van der Waals surface area contributed by atoms with Gasteiger partial charge in [0.2, 0.25) is 5.91 Å². The molecule has 1 amide bonds. The van der Waals surface area contributed by atoms with Crippen LogP contribution in [0.1, 0.15) is 47.5 Å². The number of rotatable bonds is 2. The summed E-state index contributed by atoms with van der Waals surface area (Å²) in [4.78, 5) is 38.9. The Labute approximate surface area is 194 Å². The van der Waals surface area contributed by atoms with Crippen LogP contribution in [0, 0.1) is 11.3 Å². The maximum absolute atomic E-state index is 13.5. The van der Waals surface area contributed by atoms with E-state index in [1.165, 1.54) is 13.8 Å². The first kappa shape index (κ1) is 26.7. The molecule has 0 aromatic heterocycles. The van der Waals surface area contributed by atoms with E-state index < -0.39 is 59.5 Å². The minimum absolute atomic E-state index is 0.0439. The van der Waals surface area contributed by atoms with E-state index in [-0.39, 0.29) is 6.42 Å². The van der Waals surface area contributed by atoms with E-state index in [1.54, 1.807) is 44.2 Å². The number of hydrogen-bond acceptors (Lipinski definition) is 7. The number of aliphatic hydroxyl groups is 3. The minimum atomic E-state index is -1.74. The zero-order valence-electron chi connectivity index (χ0n) is 19.8. The van der Waals surface area contributed by atoms with Gasteiger partial charge in [-0.05, 0) is 34.1 Å². The molecule has 1 fully saturated rings. The molecule has 2 bridgehead atoms. The van der Waals surface area contributed by atoms with Crippen molar-refractivity contribution < 1.29 is 34.4 Å². The van der Waals surface area contributed by atoms with Crippen molar-refractivity contribution in [2.45, 2.75) is 77.9 Å². The zero-order chi connectivity index (χ0) is 24.9. The van der Waals surface area contributed by atoms with Gasteiger partial charge in [-0.25, -0.2) is 0 Å². The lowest BCUT2D eigenvalue weighted by Crippen LogP contribution is -2.61. The second kappa shape index (κ2) is 11.0. The third-order valence-corrected chi connectivity index (χ3v) is 6.21. The van der Waals surface area contributed by atoms with Crippen LogP contribution in [0.5, 0.6) is 0 Å². The number of Topliss-reactive ketones (excluding diaryl/α,β-unsaturated/α-hetero) is 1. The second-order valence-corrected chi connectivity index (χ2v) is 9.14. The van der Waals surface area contributed by atoms with Crippen LogP contribution in [-0.4, -0.2) is 63.4 Å². The maximum atomic E-state index is 13.5. The molecule has 0 aromatic rings.